The molecule has 3 aromatic rings. The number of hydrogen-bond donors (Lipinski definition) is 2. The fraction of sp³-hybridized carbons (Fsp3) is 0.182. The highest BCUT2D eigenvalue weighted by atomic mass is 32.1. The van der Waals surface area contributed by atoms with Crippen molar-refractivity contribution < 1.29 is 9.59 Å². The summed E-state index contributed by atoms with van der Waals surface area (Å²) in [6.07, 6.45) is 0.316. The van der Waals surface area contributed by atoms with Gasteiger partial charge in [-0.3, -0.25) is 9.59 Å². The molecule has 0 saturated heterocycles. The van der Waals surface area contributed by atoms with E-state index in [0.29, 0.717) is 24.2 Å². The van der Waals surface area contributed by atoms with Crippen LogP contribution in [0.3, 0.4) is 0 Å². The van der Waals surface area contributed by atoms with Crippen molar-refractivity contribution in [3.63, 3.8) is 0 Å². The van der Waals surface area contributed by atoms with Crippen molar-refractivity contribution in [3.8, 4) is 0 Å². The second-order valence-electron chi connectivity index (χ2n) is 6.48. The van der Waals surface area contributed by atoms with E-state index in [9.17, 15) is 9.59 Å². The molecular weight excluding hydrogens is 356 g/mol. The van der Waals surface area contributed by atoms with E-state index < -0.39 is 0 Å². The second-order valence-corrected chi connectivity index (χ2v) is 7.52. The van der Waals surface area contributed by atoms with Crippen molar-refractivity contribution in [3.05, 3.63) is 87.1 Å². The second kappa shape index (κ2) is 8.64. The van der Waals surface area contributed by atoms with E-state index in [-0.39, 0.29) is 11.8 Å². The molecule has 4 nitrogen and oxygen atoms in total. The van der Waals surface area contributed by atoms with Crippen LogP contribution in [0.4, 0.5) is 5.69 Å². The summed E-state index contributed by atoms with van der Waals surface area (Å²) in [4.78, 5) is 25.5. The summed E-state index contributed by atoms with van der Waals surface area (Å²) in [7, 11) is 0. The van der Waals surface area contributed by atoms with Crippen LogP contribution >= 0.6 is 11.3 Å². The van der Waals surface area contributed by atoms with Crippen LogP contribution in [0, 0.1) is 13.8 Å². The van der Waals surface area contributed by atoms with Crippen molar-refractivity contribution in [2.45, 2.75) is 26.8 Å². The largest absolute Gasteiger partial charge is 0.351 e. The lowest BCUT2D eigenvalue weighted by Gasteiger charge is -2.08. The van der Waals surface area contributed by atoms with Crippen molar-refractivity contribution in [2.75, 3.05) is 5.32 Å². The Morgan fingerprint density at radius 3 is 2.41 bits per heavy atom. The van der Waals surface area contributed by atoms with Crippen LogP contribution in [0.2, 0.25) is 0 Å². The van der Waals surface area contributed by atoms with Gasteiger partial charge in [-0.05, 0) is 66.2 Å². The molecule has 2 amide bonds. The molecule has 0 unspecified atom stereocenters. The Morgan fingerprint density at radius 2 is 1.74 bits per heavy atom. The number of aryl methyl sites for hydroxylation is 2. The lowest BCUT2D eigenvalue weighted by molar-refractivity contribution is -0.120. The van der Waals surface area contributed by atoms with Crippen LogP contribution in [-0.4, -0.2) is 11.8 Å². The zero-order valence-electron chi connectivity index (χ0n) is 15.4. The van der Waals surface area contributed by atoms with Crippen LogP contribution in [0.15, 0.2) is 60.0 Å². The SMILES string of the molecule is Cc1ccc(C(=O)Nc2ccc(CC(=O)NCc3cccs3)cc2)cc1C. The average Bonchev–Trinajstić information content (AvgIpc) is 3.17. The van der Waals surface area contributed by atoms with Gasteiger partial charge in [0, 0.05) is 16.1 Å². The molecule has 27 heavy (non-hydrogen) atoms. The summed E-state index contributed by atoms with van der Waals surface area (Å²) in [6.45, 7) is 4.57. The highest BCUT2D eigenvalue weighted by Crippen LogP contribution is 2.14. The van der Waals surface area contributed by atoms with Crippen LogP contribution in [0.5, 0.6) is 0 Å². The first kappa shape index (κ1) is 18.9. The number of rotatable bonds is 6. The van der Waals surface area contributed by atoms with Crippen molar-refractivity contribution in [1.82, 2.24) is 5.32 Å². The summed E-state index contributed by atoms with van der Waals surface area (Å²) in [5.74, 6) is -0.158. The molecule has 0 fully saturated rings. The topological polar surface area (TPSA) is 58.2 Å². The van der Waals surface area contributed by atoms with Crippen molar-refractivity contribution in [1.29, 1.82) is 0 Å². The van der Waals surface area contributed by atoms with Gasteiger partial charge in [0.25, 0.3) is 5.91 Å². The van der Waals surface area contributed by atoms with Crippen LogP contribution in [0.25, 0.3) is 0 Å². The van der Waals surface area contributed by atoms with Crippen molar-refractivity contribution in [2.24, 2.45) is 0 Å². The molecule has 0 spiro atoms. The maximum atomic E-state index is 12.4. The third kappa shape index (κ3) is 5.28. The standard InChI is InChI=1S/C22H22N2O2S/c1-15-5-8-18(12-16(15)2)22(26)24-19-9-6-17(7-10-19)13-21(25)23-14-20-4-3-11-27-20/h3-12H,13-14H2,1-2H3,(H,23,25)(H,24,26). The Morgan fingerprint density at radius 1 is 0.963 bits per heavy atom. The van der Waals surface area contributed by atoms with Gasteiger partial charge in [0.15, 0.2) is 0 Å². The Kier molecular flexibility index (Phi) is 6.04. The normalized spacial score (nSPS) is 10.4. The van der Waals surface area contributed by atoms with Crippen LogP contribution in [-0.2, 0) is 17.8 Å². The molecule has 138 valence electrons. The molecule has 2 N–H and O–H groups in total. The zero-order valence-corrected chi connectivity index (χ0v) is 16.2. The molecule has 0 bridgehead atoms. The Labute approximate surface area is 163 Å². The van der Waals surface area contributed by atoms with E-state index in [1.165, 1.54) is 0 Å². The summed E-state index contributed by atoms with van der Waals surface area (Å²) >= 11 is 1.62. The number of benzene rings is 2. The summed E-state index contributed by atoms with van der Waals surface area (Å²) in [5.41, 5.74) is 4.50. The minimum Gasteiger partial charge on any atom is -0.351 e. The number of carbonyl (C=O) groups is 2. The number of anilines is 1. The van der Waals surface area contributed by atoms with E-state index in [4.69, 9.17) is 0 Å². The van der Waals surface area contributed by atoms with Gasteiger partial charge < -0.3 is 10.6 Å². The number of hydrogen-bond acceptors (Lipinski definition) is 3. The minimum absolute atomic E-state index is 0.0182. The molecule has 1 heterocycles. The predicted molar refractivity (Wildman–Crippen MR) is 110 cm³/mol. The van der Waals surface area contributed by atoms with Gasteiger partial charge in [-0.2, -0.15) is 0 Å². The lowest BCUT2D eigenvalue weighted by Crippen LogP contribution is -2.24. The van der Waals surface area contributed by atoms with E-state index >= 15 is 0 Å². The summed E-state index contributed by atoms with van der Waals surface area (Å²) in [6, 6.07) is 17.0. The van der Waals surface area contributed by atoms with Crippen molar-refractivity contribution >= 4 is 28.8 Å². The first-order chi connectivity index (χ1) is 13.0. The highest BCUT2D eigenvalue weighted by molar-refractivity contribution is 7.09. The monoisotopic (exact) mass is 378 g/mol. The Hall–Kier alpha value is -2.92. The average molecular weight is 378 g/mol. The first-order valence-corrected chi connectivity index (χ1v) is 9.66. The summed E-state index contributed by atoms with van der Waals surface area (Å²) in [5, 5.41) is 7.80. The molecule has 0 aliphatic carbocycles. The quantitative estimate of drug-likeness (QED) is 0.665. The Bertz CT molecular complexity index is 931. The number of thiophene rings is 1. The maximum absolute atomic E-state index is 12.4. The van der Waals surface area contributed by atoms with E-state index in [2.05, 4.69) is 10.6 Å². The number of amides is 2. The van der Waals surface area contributed by atoms with Gasteiger partial charge in [0.05, 0.1) is 13.0 Å². The van der Waals surface area contributed by atoms with Gasteiger partial charge in [-0.1, -0.05) is 24.3 Å². The van der Waals surface area contributed by atoms with Gasteiger partial charge in [0.2, 0.25) is 5.91 Å². The smallest absolute Gasteiger partial charge is 0.255 e. The molecular formula is C22H22N2O2S. The van der Waals surface area contributed by atoms with E-state index in [1.54, 1.807) is 11.3 Å². The molecule has 0 radical (unpaired) electrons. The van der Waals surface area contributed by atoms with E-state index in [1.807, 2.05) is 73.8 Å². The third-order valence-electron chi connectivity index (χ3n) is 4.39. The van der Waals surface area contributed by atoms with Crippen LogP contribution < -0.4 is 10.6 Å². The van der Waals surface area contributed by atoms with Gasteiger partial charge in [0.1, 0.15) is 0 Å². The van der Waals surface area contributed by atoms with Gasteiger partial charge in [-0.25, -0.2) is 0 Å². The van der Waals surface area contributed by atoms with Crippen LogP contribution in [0.1, 0.15) is 31.9 Å². The molecule has 1 aromatic heterocycles. The summed E-state index contributed by atoms with van der Waals surface area (Å²) < 4.78 is 0. The molecule has 0 aliphatic rings. The highest BCUT2D eigenvalue weighted by Gasteiger charge is 2.08. The molecule has 0 atom stereocenters. The first-order valence-electron chi connectivity index (χ1n) is 8.78. The molecule has 0 saturated carbocycles. The fourth-order valence-corrected chi connectivity index (χ4v) is 3.28. The zero-order chi connectivity index (χ0) is 19.2. The predicted octanol–water partition coefficient (Wildman–Crippen LogP) is 4.48. The third-order valence-corrected chi connectivity index (χ3v) is 5.26. The lowest BCUT2D eigenvalue weighted by atomic mass is 10.1. The number of carbonyl (C=O) groups excluding carboxylic acids is 2. The van der Waals surface area contributed by atoms with Gasteiger partial charge >= 0.3 is 0 Å². The minimum atomic E-state index is -0.139. The molecule has 0 aliphatic heterocycles. The fourth-order valence-electron chi connectivity index (χ4n) is 2.64. The maximum Gasteiger partial charge on any atom is 0.255 e. The molecule has 2 aromatic carbocycles. The molecule has 3 rings (SSSR count). The number of nitrogens with one attached hydrogen (secondary N) is 2. The molecule has 5 heteroatoms. The van der Waals surface area contributed by atoms with E-state index in [0.717, 1.165) is 21.6 Å². The Balaban J connectivity index is 1.54. The van der Waals surface area contributed by atoms with Gasteiger partial charge in [-0.15, -0.1) is 11.3 Å².